The normalized spacial score (nSPS) is 16.1. The molecule has 4 nitrogen and oxygen atoms in total. The molecule has 28 heavy (non-hydrogen) atoms. The Kier molecular flexibility index (Phi) is 5.01. The molecule has 3 aromatic carbocycles. The number of rotatable bonds is 2. The number of nitrogens with one attached hydrogen (secondary N) is 1. The molecule has 1 unspecified atom stereocenters. The first-order valence-electron chi connectivity index (χ1n) is 9.05. The van der Waals surface area contributed by atoms with Gasteiger partial charge in [0.05, 0.1) is 6.04 Å². The Morgan fingerprint density at radius 1 is 1.04 bits per heavy atom. The molecule has 1 heterocycles. The molecule has 1 aliphatic rings. The molecule has 4 rings (SSSR count). The minimum atomic E-state index is -0.375. The van der Waals surface area contributed by atoms with Crippen LogP contribution in [0.1, 0.15) is 33.1 Å². The van der Waals surface area contributed by atoms with Crippen LogP contribution in [0.2, 0.25) is 0 Å². The number of benzene rings is 3. The van der Waals surface area contributed by atoms with E-state index in [4.69, 9.17) is 0 Å². The summed E-state index contributed by atoms with van der Waals surface area (Å²) >= 11 is 3.53. The summed E-state index contributed by atoms with van der Waals surface area (Å²) in [7, 11) is 0. The zero-order chi connectivity index (χ0) is 19.7. The highest BCUT2D eigenvalue weighted by atomic mass is 79.9. The SMILES string of the molecule is Cc1ccccc1C(=O)N1CC(=O)Nc2ccc(Br)cc2C1c1ccccc1. The predicted molar refractivity (Wildman–Crippen MR) is 113 cm³/mol. The molecule has 5 heteroatoms. The van der Waals surface area contributed by atoms with Crippen LogP contribution in [-0.2, 0) is 4.79 Å². The second kappa shape index (κ2) is 7.60. The van der Waals surface area contributed by atoms with Crippen LogP contribution in [0.3, 0.4) is 0 Å². The fraction of sp³-hybridized carbons (Fsp3) is 0.130. The van der Waals surface area contributed by atoms with E-state index in [2.05, 4.69) is 21.2 Å². The van der Waals surface area contributed by atoms with Crippen molar-refractivity contribution in [3.63, 3.8) is 0 Å². The molecule has 0 aliphatic carbocycles. The van der Waals surface area contributed by atoms with Crippen molar-refractivity contribution < 1.29 is 9.59 Å². The van der Waals surface area contributed by atoms with Crippen LogP contribution in [0.15, 0.2) is 77.3 Å². The van der Waals surface area contributed by atoms with Crippen LogP contribution in [0, 0.1) is 6.92 Å². The van der Waals surface area contributed by atoms with Crippen molar-refractivity contribution in [1.82, 2.24) is 4.90 Å². The maximum atomic E-state index is 13.5. The standard InChI is InChI=1S/C23H19BrN2O2/c1-15-7-5-6-10-18(15)23(28)26-14-21(27)25-20-12-11-17(24)13-19(20)22(26)16-8-3-2-4-9-16/h2-13,22H,14H2,1H3,(H,25,27). The smallest absolute Gasteiger partial charge is 0.255 e. The van der Waals surface area contributed by atoms with Crippen LogP contribution < -0.4 is 5.32 Å². The number of aryl methyl sites for hydroxylation is 1. The number of hydrogen-bond acceptors (Lipinski definition) is 2. The van der Waals surface area contributed by atoms with Crippen molar-refractivity contribution in [2.75, 3.05) is 11.9 Å². The predicted octanol–water partition coefficient (Wildman–Crippen LogP) is 4.94. The van der Waals surface area contributed by atoms with E-state index in [1.54, 1.807) is 4.90 Å². The second-order valence-corrected chi connectivity index (χ2v) is 7.76. The van der Waals surface area contributed by atoms with Crippen LogP contribution in [0.5, 0.6) is 0 Å². The molecule has 1 atom stereocenters. The third kappa shape index (κ3) is 3.45. The minimum Gasteiger partial charge on any atom is -0.324 e. The fourth-order valence-electron chi connectivity index (χ4n) is 3.63. The van der Waals surface area contributed by atoms with E-state index < -0.39 is 0 Å². The lowest BCUT2D eigenvalue weighted by molar-refractivity contribution is -0.117. The highest BCUT2D eigenvalue weighted by Crippen LogP contribution is 2.38. The summed E-state index contributed by atoms with van der Waals surface area (Å²) in [4.78, 5) is 27.8. The van der Waals surface area contributed by atoms with E-state index >= 15 is 0 Å². The average molecular weight is 435 g/mol. The maximum absolute atomic E-state index is 13.5. The van der Waals surface area contributed by atoms with Crippen molar-refractivity contribution in [3.8, 4) is 0 Å². The highest BCUT2D eigenvalue weighted by Gasteiger charge is 2.34. The average Bonchev–Trinajstić information content (AvgIpc) is 2.84. The monoisotopic (exact) mass is 434 g/mol. The quantitative estimate of drug-likeness (QED) is 0.620. The molecular weight excluding hydrogens is 416 g/mol. The van der Waals surface area contributed by atoms with Gasteiger partial charge in [-0.05, 0) is 42.3 Å². The maximum Gasteiger partial charge on any atom is 0.255 e. The van der Waals surface area contributed by atoms with Gasteiger partial charge in [-0.3, -0.25) is 9.59 Å². The molecule has 0 saturated heterocycles. The highest BCUT2D eigenvalue weighted by molar-refractivity contribution is 9.10. The van der Waals surface area contributed by atoms with Gasteiger partial charge in [-0.2, -0.15) is 0 Å². The summed E-state index contributed by atoms with van der Waals surface area (Å²) in [5, 5.41) is 2.95. The molecule has 1 N–H and O–H groups in total. The minimum absolute atomic E-state index is 0.0149. The van der Waals surface area contributed by atoms with Gasteiger partial charge in [0.2, 0.25) is 5.91 Å². The topological polar surface area (TPSA) is 49.4 Å². The van der Waals surface area contributed by atoms with Crippen molar-refractivity contribution in [2.24, 2.45) is 0 Å². The third-order valence-corrected chi connectivity index (χ3v) is 5.45. The zero-order valence-corrected chi connectivity index (χ0v) is 16.9. The Morgan fingerprint density at radius 2 is 1.75 bits per heavy atom. The largest absolute Gasteiger partial charge is 0.324 e. The summed E-state index contributed by atoms with van der Waals surface area (Å²) in [6.45, 7) is 1.90. The lowest BCUT2D eigenvalue weighted by Gasteiger charge is -2.31. The molecule has 0 radical (unpaired) electrons. The van der Waals surface area contributed by atoms with E-state index in [1.165, 1.54) is 0 Å². The van der Waals surface area contributed by atoms with Crippen molar-refractivity contribution >= 4 is 33.4 Å². The first-order valence-corrected chi connectivity index (χ1v) is 9.85. The van der Waals surface area contributed by atoms with E-state index in [1.807, 2.05) is 79.7 Å². The number of nitrogens with zero attached hydrogens (tertiary/aromatic N) is 1. The molecule has 140 valence electrons. The van der Waals surface area contributed by atoms with Crippen LogP contribution in [0.25, 0.3) is 0 Å². The van der Waals surface area contributed by atoms with E-state index in [-0.39, 0.29) is 24.4 Å². The molecule has 0 fully saturated rings. The van der Waals surface area contributed by atoms with Crippen molar-refractivity contribution in [2.45, 2.75) is 13.0 Å². The van der Waals surface area contributed by atoms with Gasteiger partial charge in [0, 0.05) is 21.3 Å². The Labute approximate surface area is 172 Å². The van der Waals surface area contributed by atoms with Gasteiger partial charge in [0.15, 0.2) is 0 Å². The number of fused-ring (bicyclic) bond motifs is 1. The summed E-state index contributed by atoms with van der Waals surface area (Å²) in [6, 6.07) is 22.6. The van der Waals surface area contributed by atoms with Gasteiger partial charge < -0.3 is 10.2 Å². The zero-order valence-electron chi connectivity index (χ0n) is 15.4. The van der Waals surface area contributed by atoms with Crippen molar-refractivity contribution in [1.29, 1.82) is 0 Å². The van der Waals surface area contributed by atoms with Gasteiger partial charge in [-0.25, -0.2) is 0 Å². The summed E-state index contributed by atoms with van der Waals surface area (Å²) < 4.78 is 0.895. The molecule has 1 aliphatic heterocycles. The number of hydrogen-bond donors (Lipinski definition) is 1. The molecule has 0 spiro atoms. The van der Waals surface area contributed by atoms with E-state index in [9.17, 15) is 9.59 Å². The van der Waals surface area contributed by atoms with Crippen LogP contribution in [0.4, 0.5) is 5.69 Å². The summed E-state index contributed by atoms with van der Waals surface area (Å²) in [6.07, 6.45) is 0. The molecule has 0 bridgehead atoms. The number of halogens is 1. The van der Waals surface area contributed by atoms with Crippen molar-refractivity contribution in [3.05, 3.63) is 99.5 Å². The molecule has 0 aromatic heterocycles. The number of carbonyl (C=O) groups is 2. The Hall–Kier alpha value is -2.92. The number of carbonyl (C=O) groups excluding carboxylic acids is 2. The third-order valence-electron chi connectivity index (χ3n) is 4.96. The summed E-state index contributed by atoms with van der Waals surface area (Å²) in [5.74, 6) is -0.362. The van der Waals surface area contributed by atoms with Gasteiger partial charge in [0.25, 0.3) is 5.91 Å². The molecule has 2 amide bonds. The van der Waals surface area contributed by atoms with E-state index in [0.29, 0.717) is 5.56 Å². The Balaban J connectivity index is 1.91. The first-order chi connectivity index (χ1) is 13.5. The van der Waals surface area contributed by atoms with Gasteiger partial charge in [0.1, 0.15) is 6.54 Å². The Bertz CT molecular complexity index is 1050. The van der Waals surface area contributed by atoms with Crippen LogP contribution >= 0.6 is 15.9 Å². The van der Waals surface area contributed by atoms with Gasteiger partial charge in [-0.1, -0.05) is 64.5 Å². The number of amides is 2. The summed E-state index contributed by atoms with van der Waals surface area (Å²) in [5.41, 5.74) is 4.06. The fourth-order valence-corrected chi connectivity index (χ4v) is 4.01. The van der Waals surface area contributed by atoms with E-state index in [0.717, 1.165) is 26.9 Å². The Morgan fingerprint density at radius 3 is 2.50 bits per heavy atom. The molecule has 3 aromatic rings. The van der Waals surface area contributed by atoms with Gasteiger partial charge in [-0.15, -0.1) is 0 Å². The van der Waals surface area contributed by atoms with Gasteiger partial charge >= 0.3 is 0 Å². The lowest BCUT2D eigenvalue weighted by atomic mass is 9.95. The molecular formula is C23H19BrN2O2. The lowest BCUT2D eigenvalue weighted by Crippen LogP contribution is -2.39. The second-order valence-electron chi connectivity index (χ2n) is 6.84. The number of anilines is 1. The first kappa shape index (κ1) is 18.4. The van der Waals surface area contributed by atoms with Crippen LogP contribution in [-0.4, -0.2) is 23.3 Å². The molecule has 0 saturated carbocycles.